The van der Waals surface area contributed by atoms with Crippen LogP contribution in [0.1, 0.15) is 47.5 Å². The van der Waals surface area contributed by atoms with E-state index in [1.54, 1.807) is 4.90 Å². The Balaban J connectivity index is 4.54. The summed E-state index contributed by atoms with van der Waals surface area (Å²) in [6, 6.07) is -1.09. The van der Waals surface area contributed by atoms with Gasteiger partial charge in [-0.05, 0) is 25.2 Å². The predicted molar refractivity (Wildman–Crippen MR) is 76.1 cm³/mol. The molecule has 0 aliphatic heterocycles. The molecule has 5 nitrogen and oxygen atoms in total. The van der Waals surface area contributed by atoms with Gasteiger partial charge >= 0.3 is 12.0 Å². The molecule has 0 saturated carbocycles. The Hall–Kier alpha value is -1.26. The van der Waals surface area contributed by atoms with Crippen molar-refractivity contribution in [1.29, 1.82) is 0 Å². The number of nitrogens with one attached hydrogen (secondary N) is 1. The summed E-state index contributed by atoms with van der Waals surface area (Å²) in [5.74, 6) is -0.327. The molecule has 5 heteroatoms. The van der Waals surface area contributed by atoms with Gasteiger partial charge < -0.3 is 15.3 Å². The molecule has 2 N–H and O–H groups in total. The van der Waals surface area contributed by atoms with Gasteiger partial charge in [0.1, 0.15) is 6.04 Å². The van der Waals surface area contributed by atoms with Crippen LogP contribution < -0.4 is 5.32 Å². The third-order valence-corrected chi connectivity index (χ3v) is 3.20. The Morgan fingerprint density at radius 3 is 2.16 bits per heavy atom. The molecule has 0 aromatic rings. The number of carbonyl (C=O) groups excluding carboxylic acids is 1. The molecule has 0 aromatic carbocycles. The van der Waals surface area contributed by atoms with Crippen molar-refractivity contribution in [3.8, 4) is 0 Å². The number of hydrogen-bond acceptors (Lipinski definition) is 2. The van der Waals surface area contributed by atoms with Crippen molar-refractivity contribution in [3.63, 3.8) is 0 Å². The molecule has 0 saturated heterocycles. The minimum Gasteiger partial charge on any atom is -0.480 e. The van der Waals surface area contributed by atoms with Crippen LogP contribution >= 0.6 is 0 Å². The molecule has 2 amide bonds. The Kier molecular flexibility index (Phi) is 8.19. The molecule has 0 aliphatic carbocycles. The monoisotopic (exact) mass is 272 g/mol. The van der Waals surface area contributed by atoms with Crippen LogP contribution in [-0.4, -0.2) is 41.1 Å². The molecule has 112 valence electrons. The van der Waals surface area contributed by atoms with Gasteiger partial charge in [0, 0.05) is 13.1 Å². The highest BCUT2D eigenvalue weighted by Gasteiger charge is 2.23. The quantitative estimate of drug-likeness (QED) is 0.713. The number of aliphatic carboxylic acids is 1. The summed E-state index contributed by atoms with van der Waals surface area (Å²) in [5, 5.41) is 11.7. The number of carboxylic acids is 1. The summed E-state index contributed by atoms with van der Waals surface area (Å²) in [6.45, 7) is 11.2. The van der Waals surface area contributed by atoms with Crippen molar-refractivity contribution in [2.75, 3.05) is 13.1 Å². The molecule has 1 unspecified atom stereocenters. The molecule has 0 heterocycles. The van der Waals surface area contributed by atoms with Crippen LogP contribution in [0.5, 0.6) is 0 Å². The minimum absolute atomic E-state index is 0.228. The highest BCUT2D eigenvalue weighted by molar-refractivity contribution is 5.82. The number of rotatable bonds is 8. The first kappa shape index (κ1) is 17.7. The van der Waals surface area contributed by atoms with Crippen molar-refractivity contribution in [1.82, 2.24) is 10.2 Å². The van der Waals surface area contributed by atoms with Gasteiger partial charge in [0.2, 0.25) is 0 Å². The largest absolute Gasteiger partial charge is 0.480 e. The zero-order valence-electron chi connectivity index (χ0n) is 12.8. The summed E-state index contributed by atoms with van der Waals surface area (Å²) in [7, 11) is 0. The average Bonchev–Trinajstić information content (AvgIpc) is 2.33. The summed E-state index contributed by atoms with van der Waals surface area (Å²) >= 11 is 0. The van der Waals surface area contributed by atoms with E-state index in [1.165, 1.54) is 0 Å². The number of carbonyl (C=O) groups is 2. The first-order valence-electron chi connectivity index (χ1n) is 7.09. The SMILES string of the molecule is CCC(C)CN(CC)C(=O)N[C@@H](CC(C)C)C(=O)O. The van der Waals surface area contributed by atoms with Crippen molar-refractivity contribution in [3.05, 3.63) is 0 Å². The van der Waals surface area contributed by atoms with E-state index < -0.39 is 12.0 Å². The topological polar surface area (TPSA) is 69.6 Å². The number of urea groups is 1. The van der Waals surface area contributed by atoms with E-state index >= 15 is 0 Å². The lowest BCUT2D eigenvalue weighted by atomic mass is 10.0. The van der Waals surface area contributed by atoms with E-state index in [0.29, 0.717) is 25.4 Å². The zero-order valence-corrected chi connectivity index (χ0v) is 12.8. The summed E-state index contributed by atoms with van der Waals surface area (Å²) in [6.07, 6.45) is 1.44. The second-order valence-corrected chi connectivity index (χ2v) is 5.52. The normalized spacial score (nSPS) is 14.0. The molecule has 0 fully saturated rings. The van der Waals surface area contributed by atoms with Gasteiger partial charge in [-0.2, -0.15) is 0 Å². The van der Waals surface area contributed by atoms with Crippen molar-refractivity contribution < 1.29 is 14.7 Å². The van der Waals surface area contributed by atoms with Gasteiger partial charge in [-0.1, -0.05) is 34.1 Å². The Morgan fingerprint density at radius 1 is 1.21 bits per heavy atom. The first-order chi connectivity index (χ1) is 8.81. The van der Waals surface area contributed by atoms with Crippen LogP contribution in [0.15, 0.2) is 0 Å². The van der Waals surface area contributed by atoms with Gasteiger partial charge in [-0.15, -0.1) is 0 Å². The second-order valence-electron chi connectivity index (χ2n) is 5.52. The van der Waals surface area contributed by atoms with Gasteiger partial charge in [0.15, 0.2) is 0 Å². The molecule has 0 radical (unpaired) electrons. The average molecular weight is 272 g/mol. The molecule has 0 aliphatic rings. The molecule has 0 rings (SSSR count). The lowest BCUT2D eigenvalue weighted by molar-refractivity contribution is -0.139. The predicted octanol–water partition coefficient (Wildman–Crippen LogP) is 2.56. The van der Waals surface area contributed by atoms with Crippen LogP contribution in [0.2, 0.25) is 0 Å². The van der Waals surface area contributed by atoms with Crippen LogP contribution in [-0.2, 0) is 4.79 Å². The van der Waals surface area contributed by atoms with Crippen molar-refractivity contribution in [2.24, 2.45) is 11.8 Å². The van der Waals surface area contributed by atoms with E-state index in [-0.39, 0.29) is 11.9 Å². The van der Waals surface area contributed by atoms with Crippen LogP contribution in [0.4, 0.5) is 4.79 Å². The van der Waals surface area contributed by atoms with Crippen molar-refractivity contribution >= 4 is 12.0 Å². The van der Waals surface area contributed by atoms with Crippen molar-refractivity contribution in [2.45, 2.75) is 53.5 Å². The molecular weight excluding hydrogens is 244 g/mol. The standard InChI is InChI=1S/C14H28N2O3/c1-6-11(5)9-16(7-2)14(19)15-12(13(17)18)8-10(3)4/h10-12H,6-9H2,1-5H3,(H,15,19)(H,17,18)/t11?,12-/m0/s1. The third kappa shape index (κ3) is 7.03. The molecular formula is C14H28N2O3. The molecule has 0 aromatic heterocycles. The number of amides is 2. The van der Waals surface area contributed by atoms with E-state index in [1.807, 2.05) is 20.8 Å². The Bertz CT molecular complexity index is 292. The Labute approximate surface area is 116 Å². The fourth-order valence-corrected chi connectivity index (χ4v) is 1.79. The molecule has 0 bridgehead atoms. The fourth-order valence-electron chi connectivity index (χ4n) is 1.79. The summed E-state index contributed by atoms with van der Waals surface area (Å²) < 4.78 is 0. The van der Waals surface area contributed by atoms with E-state index in [2.05, 4.69) is 19.2 Å². The maximum Gasteiger partial charge on any atom is 0.326 e. The summed E-state index contributed by atoms with van der Waals surface area (Å²) in [5.41, 5.74) is 0. The lowest BCUT2D eigenvalue weighted by Crippen LogP contribution is -2.49. The lowest BCUT2D eigenvalue weighted by Gasteiger charge is -2.26. The summed E-state index contributed by atoms with van der Waals surface area (Å²) in [4.78, 5) is 24.9. The molecule has 19 heavy (non-hydrogen) atoms. The highest BCUT2D eigenvalue weighted by Crippen LogP contribution is 2.08. The maximum absolute atomic E-state index is 12.1. The van der Waals surface area contributed by atoms with Gasteiger partial charge in [-0.3, -0.25) is 0 Å². The number of hydrogen-bond donors (Lipinski definition) is 2. The number of nitrogens with zero attached hydrogens (tertiary/aromatic N) is 1. The smallest absolute Gasteiger partial charge is 0.326 e. The van der Waals surface area contributed by atoms with Gasteiger partial charge in [-0.25, -0.2) is 9.59 Å². The highest BCUT2D eigenvalue weighted by atomic mass is 16.4. The van der Waals surface area contributed by atoms with Gasteiger partial charge in [0.25, 0.3) is 0 Å². The minimum atomic E-state index is -0.971. The van der Waals surface area contributed by atoms with Gasteiger partial charge in [0.05, 0.1) is 0 Å². The second kappa shape index (κ2) is 8.77. The van der Waals surface area contributed by atoms with Crippen LogP contribution in [0, 0.1) is 11.8 Å². The van der Waals surface area contributed by atoms with E-state index in [9.17, 15) is 9.59 Å². The fraction of sp³-hybridized carbons (Fsp3) is 0.857. The van der Waals surface area contributed by atoms with Crippen LogP contribution in [0.3, 0.4) is 0 Å². The maximum atomic E-state index is 12.1. The van der Waals surface area contributed by atoms with E-state index in [4.69, 9.17) is 5.11 Å². The Morgan fingerprint density at radius 2 is 1.79 bits per heavy atom. The molecule has 2 atom stereocenters. The zero-order chi connectivity index (χ0) is 15.0. The number of carboxylic acid groups (broad SMARTS) is 1. The van der Waals surface area contributed by atoms with E-state index in [0.717, 1.165) is 6.42 Å². The first-order valence-corrected chi connectivity index (χ1v) is 7.09. The third-order valence-electron chi connectivity index (χ3n) is 3.20. The molecule has 0 spiro atoms. The van der Waals surface area contributed by atoms with Crippen LogP contribution in [0.25, 0.3) is 0 Å².